The number of allylic oxidation sites excluding steroid dienone is 1. The molecule has 0 aliphatic carbocycles. The van der Waals surface area contributed by atoms with E-state index in [4.69, 9.17) is 4.74 Å². The molecule has 0 aliphatic rings. The number of rotatable bonds is 6. The monoisotopic (exact) mass is 167 g/mol. The third kappa shape index (κ3) is 5.59. The molecule has 12 heavy (non-hydrogen) atoms. The lowest BCUT2D eigenvalue weighted by Gasteiger charge is -2.11. The first-order valence-electron chi connectivity index (χ1n) is 3.97. The summed E-state index contributed by atoms with van der Waals surface area (Å²) < 4.78 is 5.10. The van der Waals surface area contributed by atoms with Gasteiger partial charge in [0.15, 0.2) is 5.88 Å². The van der Waals surface area contributed by atoms with Crippen LogP contribution in [0.15, 0.2) is 36.9 Å². The highest BCUT2D eigenvalue weighted by molar-refractivity contribution is 5.08. The van der Waals surface area contributed by atoms with Crippen LogP contribution in [-0.4, -0.2) is 6.61 Å². The molecule has 2 nitrogen and oxygen atoms in total. The van der Waals surface area contributed by atoms with Gasteiger partial charge in [-0.1, -0.05) is 18.7 Å². The van der Waals surface area contributed by atoms with Crippen LogP contribution >= 0.6 is 0 Å². The fourth-order valence-corrected chi connectivity index (χ4v) is 0.816. The third-order valence-electron chi connectivity index (χ3n) is 1.15. The second-order valence-electron chi connectivity index (χ2n) is 2.72. The summed E-state index contributed by atoms with van der Waals surface area (Å²) in [4.78, 5) is 0. The van der Waals surface area contributed by atoms with Crippen LogP contribution < -0.4 is 5.32 Å². The van der Waals surface area contributed by atoms with Crippen molar-refractivity contribution in [2.75, 3.05) is 6.61 Å². The maximum atomic E-state index is 5.10. The van der Waals surface area contributed by atoms with Gasteiger partial charge < -0.3 is 10.1 Å². The smallest absolute Gasteiger partial charge is 0.183 e. The van der Waals surface area contributed by atoms with Gasteiger partial charge in [0.2, 0.25) is 0 Å². The zero-order valence-corrected chi connectivity index (χ0v) is 7.94. The molecular formula is C10H17NO. The predicted octanol–water partition coefficient (Wildman–Crippen LogP) is 2.56. The first-order valence-corrected chi connectivity index (χ1v) is 3.97. The lowest BCUT2D eigenvalue weighted by molar-refractivity contribution is 0.213. The largest absolute Gasteiger partial charge is 0.480 e. The van der Waals surface area contributed by atoms with E-state index in [-0.39, 0.29) is 0 Å². The van der Waals surface area contributed by atoms with Gasteiger partial charge in [0, 0.05) is 12.1 Å². The summed E-state index contributed by atoms with van der Waals surface area (Å²) >= 11 is 0. The van der Waals surface area contributed by atoms with E-state index in [1.807, 2.05) is 13.8 Å². The normalized spacial score (nSPS) is 8.83. The number of nitrogens with one attached hydrogen (secondary N) is 1. The van der Waals surface area contributed by atoms with Gasteiger partial charge in [-0.15, -0.1) is 0 Å². The highest BCUT2D eigenvalue weighted by Gasteiger charge is 1.96. The van der Waals surface area contributed by atoms with E-state index in [1.165, 1.54) is 0 Å². The summed E-state index contributed by atoms with van der Waals surface area (Å²) in [6.45, 7) is 15.7. The molecule has 0 aliphatic heterocycles. The zero-order chi connectivity index (χ0) is 9.56. The molecule has 2 heteroatoms. The molecule has 0 aromatic heterocycles. The van der Waals surface area contributed by atoms with E-state index in [2.05, 4.69) is 25.1 Å². The average Bonchev–Trinajstić information content (AvgIpc) is 1.84. The Morgan fingerprint density at radius 2 is 1.92 bits per heavy atom. The maximum Gasteiger partial charge on any atom is 0.183 e. The van der Waals surface area contributed by atoms with E-state index in [9.17, 15) is 0 Å². The van der Waals surface area contributed by atoms with Crippen LogP contribution in [0.4, 0.5) is 0 Å². The molecule has 0 saturated heterocycles. The van der Waals surface area contributed by atoms with Gasteiger partial charge in [-0.3, -0.25) is 0 Å². The van der Waals surface area contributed by atoms with Crippen molar-refractivity contribution in [3.8, 4) is 0 Å². The van der Waals surface area contributed by atoms with Gasteiger partial charge in [-0.05, 0) is 20.4 Å². The van der Waals surface area contributed by atoms with Crippen molar-refractivity contribution in [1.29, 1.82) is 0 Å². The molecule has 0 atom stereocenters. The minimum atomic E-state index is 0.545. The molecule has 68 valence electrons. The molecule has 0 amide bonds. The third-order valence-corrected chi connectivity index (χ3v) is 1.15. The lowest BCUT2D eigenvalue weighted by Crippen LogP contribution is -2.13. The van der Waals surface area contributed by atoms with Crippen LogP contribution in [-0.2, 0) is 4.74 Å². The van der Waals surface area contributed by atoms with Crippen molar-refractivity contribution < 1.29 is 4.74 Å². The molecule has 0 radical (unpaired) electrons. The Labute approximate surface area is 74.6 Å². The van der Waals surface area contributed by atoms with Gasteiger partial charge in [0.1, 0.15) is 0 Å². The SMILES string of the molecule is C=C(C)CC(=C)NC(=C)OCC. The Balaban J connectivity index is 3.69. The summed E-state index contributed by atoms with van der Waals surface area (Å²) in [5.41, 5.74) is 1.93. The zero-order valence-electron chi connectivity index (χ0n) is 7.94. The Morgan fingerprint density at radius 3 is 2.33 bits per heavy atom. The molecular weight excluding hydrogens is 150 g/mol. The van der Waals surface area contributed by atoms with E-state index in [0.29, 0.717) is 12.5 Å². The highest BCUT2D eigenvalue weighted by Crippen LogP contribution is 2.04. The quantitative estimate of drug-likeness (QED) is 0.485. The van der Waals surface area contributed by atoms with Crippen molar-refractivity contribution in [3.05, 3.63) is 36.9 Å². The van der Waals surface area contributed by atoms with E-state index < -0.39 is 0 Å². The van der Waals surface area contributed by atoms with E-state index in [0.717, 1.165) is 17.7 Å². The minimum absolute atomic E-state index is 0.545. The molecule has 0 saturated carbocycles. The topological polar surface area (TPSA) is 21.3 Å². The lowest BCUT2D eigenvalue weighted by atomic mass is 10.2. The highest BCUT2D eigenvalue weighted by atomic mass is 16.5. The summed E-state index contributed by atoms with van der Waals surface area (Å²) in [6.07, 6.45) is 0.756. The average molecular weight is 167 g/mol. The van der Waals surface area contributed by atoms with Crippen LogP contribution in [0.25, 0.3) is 0 Å². The van der Waals surface area contributed by atoms with Crippen molar-refractivity contribution in [1.82, 2.24) is 5.32 Å². The summed E-state index contributed by atoms with van der Waals surface area (Å²) in [6, 6.07) is 0. The standard InChI is InChI=1S/C10H17NO/c1-6-12-10(5)11-9(4)7-8(2)3/h11H,2,4-7H2,1,3H3. The van der Waals surface area contributed by atoms with Crippen LogP contribution in [0.5, 0.6) is 0 Å². The molecule has 0 unspecified atom stereocenters. The van der Waals surface area contributed by atoms with E-state index in [1.54, 1.807) is 0 Å². The summed E-state index contributed by atoms with van der Waals surface area (Å²) in [5, 5.41) is 2.94. The second-order valence-corrected chi connectivity index (χ2v) is 2.72. The summed E-state index contributed by atoms with van der Waals surface area (Å²) in [7, 11) is 0. The molecule has 0 rings (SSSR count). The van der Waals surface area contributed by atoms with Crippen LogP contribution in [0.3, 0.4) is 0 Å². The van der Waals surface area contributed by atoms with Crippen LogP contribution in [0.2, 0.25) is 0 Å². The van der Waals surface area contributed by atoms with Crippen LogP contribution in [0.1, 0.15) is 20.3 Å². The van der Waals surface area contributed by atoms with Crippen molar-refractivity contribution >= 4 is 0 Å². The van der Waals surface area contributed by atoms with Gasteiger partial charge in [-0.25, -0.2) is 0 Å². The molecule has 1 N–H and O–H groups in total. The number of hydrogen-bond acceptors (Lipinski definition) is 2. The molecule has 0 fully saturated rings. The first-order chi connectivity index (χ1) is 5.56. The fraction of sp³-hybridized carbons (Fsp3) is 0.400. The molecule has 0 heterocycles. The number of ether oxygens (including phenoxy) is 1. The van der Waals surface area contributed by atoms with E-state index >= 15 is 0 Å². The molecule has 0 aromatic carbocycles. The fourth-order valence-electron chi connectivity index (χ4n) is 0.816. The minimum Gasteiger partial charge on any atom is -0.480 e. The Hall–Kier alpha value is -1.18. The van der Waals surface area contributed by atoms with Gasteiger partial charge in [0.05, 0.1) is 6.61 Å². The first kappa shape index (κ1) is 10.8. The van der Waals surface area contributed by atoms with Gasteiger partial charge >= 0.3 is 0 Å². The summed E-state index contributed by atoms with van der Waals surface area (Å²) in [5.74, 6) is 0.545. The molecule has 0 bridgehead atoms. The Morgan fingerprint density at radius 1 is 1.33 bits per heavy atom. The van der Waals surface area contributed by atoms with Gasteiger partial charge in [0.25, 0.3) is 0 Å². The second kappa shape index (κ2) is 5.47. The maximum absolute atomic E-state index is 5.10. The van der Waals surface area contributed by atoms with Gasteiger partial charge in [-0.2, -0.15) is 0 Å². The molecule has 0 spiro atoms. The Kier molecular flexibility index (Phi) is 4.93. The van der Waals surface area contributed by atoms with Crippen molar-refractivity contribution in [3.63, 3.8) is 0 Å². The Bertz CT molecular complexity index is 194. The predicted molar refractivity (Wildman–Crippen MR) is 52.5 cm³/mol. The molecule has 0 aromatic rings. The number of hydrogen-bond donors (Lipinski definition) is 1. The van der Waals surface area contributed by atoms with Crippen molar-refractivity contribution in [2.24, 2.45) is 0 Å². The van der Waals surface area contributed by atoms with Crippen molar-refractivity contribution in [2.45, 2.75) is 20.3 Å². The van der Waals surface area contributed by atoms with Crippen LogP contribution in [0, 0.1) is 0 Å².